The highest BCUT2D eigenvalue weighted by molar-refractivity contribution is 7.89. The predicted octanol–water partition coefficient (Wildman–Crippen LogP) is 1.68. The Morgan fingerprint density at radius 3 is 2.55 bits per heavy atom. The standard InChI is InChI=1S/C13H19N3O4S.ClH/c1-10-7-11(16(17)18)3-4-12(10)21(19,20)15-6-5-13(2,8-14)9-15;/h3-4,7H,5-6,8-9,14H2,1-2H3;1H. The van der Waals surface area contributed by atoms with Crippen LogP contribution in [0.1, 0.15) is 18.9 Å². The van der Waals surface area contributed by atoms with Gasteiger partial charge in [-0.05, 0) is 36.9 Å². The molecule has 0 spiro atoms. The molecule has 1 unspecified atom stereocenters. The van der Waals surface area contributed by atoms with E-state index in [0.29, 0.717) is 25.2 Å². The first-order valence-corrected chi connectivity index (χ1v) is 8.09. The van der Waals surface area contributed by atoms with Gasteiger partial charge >= 0.3 is 0 Å². The van der Waals surface area contributed by atoms with Gasteiger partial charge < -0.3 is 5.73 Å². The molecule has 1 saturated heterocycles. The van der Waals surface area contributed by atoms with Gasteiger partial charge in [0, 0.05) is 25.2 Å². The number of rotatable bonds is 4. The predicted molar refractivity (Wildman–Crippen MR) is 85.6 cm³/mol. The number of non-ortho nitro benzene ring substituents is 1. The Morgan fingerprint density at radius 2 is 2.09 bits per heavy atom. The number of sulfonamides is 1. The average Bonchev–Trinajstić information content (AvgIpc) is 2.82. The molecule has 0 aromatic heterocycles. The highest BCUT2D eigenvalue weighted by Gasteiger charge is 2.39. The number of hydrogen-bond acceptors (Lipinski definition) is 5. The van der Waals surface area contributed by atoms with Gasteiger partial charge in [-0.3, -0.25) is 10.1 Å². The van der Waals surface area contributed by atoms with E-state index in [1.807, 2.05) is 6.92 Å². The lowest BCUT2D eigenvalue weighted by atomic mass is 9.90. The molecule has 1 aliphatic rings. The monoisotopic (exact) mass is 349 g/mol. The van der Waals surface area contributed by atoms with Crippen LogP contribution in [-0.4, -0.2) is 37.3 Å². The number of benzene rings is 1. The number of aryl methyl sites for hydroxylation is 1. The van der Waals surface area contributed by atoms with Crippen molar-refractivity contribution in [3.05, 3.63) is 33.9 Å². The van der Waals surface area contributed by atoms with E-state index in [1.54, 1.807) is 6.92 Å². The van der Waals surface area contributed by atoms with Crippen molar-refractivity contribution in [1.82, 2.24) is 4.31 Å². The lowest BCUT2D eigenvalue weighted by molar-refractivity contribution is -0.385. The second-order valence-electron chi connectivity index (χ2n) is 5.81. The zero-order valence-corrected chi connectivity index (χ0v) is 14.1. The van der Waals surface area contributed by atoms with Crippen molar-refractivity contribution in [3.8, 4) is 0 Å². The third-order valence-electron chi connectivity index (χ3n) is 4.00. The van der Waals surface area contributed by atoms with E-state index in [1.165, 1.54) is 22.5 Å². The molecule has 0 radical (unpaired) electrons. The summed E-state index contributed by atoms with van der Waals surface area (Å²) in [6, 6.07) is 3.81. The first kappa shape index (κ1) is 18.8. The summed E-state index contributed by atoms with van der Waals surface area (Å²) in [5.74, 6) is 0. The maximum absolute atomic E-state index is 12.7. The second-order valence-corrected chi connectivity index (χ2v) is 7.72. The van der Waals surface area contributed by atoms with Crippen molar-refractivity contribution in [2.24, 2.45) is 11.1 Å². The van der Waals surface area contributed by atoms with Gasteiger partial charge in [0.1, 0.15) is 0 Å². The van der Waals surface area contributed by atoms with Gasteiger partial charge in [-0.1, -0.05) is 6.92 Å². The summed E-state index contributed by atoms with van der Waals surface area (Å²) in [6.45, 7) is 4.76. The molecule has 1 aromatic carbocycles. The fourth-order valence-corrected chi connectivity index (χ4v) is 4.32. The minimum Gasteiger partial charge on any atom is -0.330 e. The molecule has 124 valence electrons. The van der Waals surface area contributed by atoms with E-state index in [2.05, 4.69) is 0 Å². The van der Waals surface area contributed by atoms with Gasteiger partial charge in [0.2, 0.25) is 10.0 Å². The van der Waals surface area contributed by atoms with Gasteiger partial charge in [0.05, 0.1) is 9.82 Å². The quantitative estimate of drug-likeness (QED) is 0.657. The van der Waals surface area contributed by atoms with Gasteiger partial charge in [-0.25, -0.2) is 8.42 Å². The van der Waals surface area contributed by atoms with Crippen LogP contribution in [0.4, 0.5) is 5.69 Å². The third kappa shape index (κ3) is 3.40. The van der Waals surface area contributed by atoms with Gasteiger partial charge in [0.25, 0.3) is 5.69 Å². The highest BCUT2D eigenvalue weighted by atomic mass is 35.5. The molecule has 2 N–H and O–H groups in total. The molecule has 2 rings (SSSR count). The molecule has 1 heterocycles. The summed E-state index contributed by atoms with van der Waals surface area (Å²) in [6.07, 6.45) is 0.717. The van der Waals surface area contributed by atoms with Crippen molar-refractivity contribution in [2.45, 2.75) is 25.2 Å². The van der Waals surface area contributed by atoms with Crippen LogP contribution in [0.2, 0.25) is 0 Å². The van der Waals surface area contributed by atoms with Crippen molar-refractivity contribution < 1.29 is 13.3 Å². The number of nitrogens with zero attached hydrogens (tertiary/aromatic N) is 2. The Hall–Kier alpha value is -1.22. The van der Waals surface area contributed by atoms with Crippen LogP contribution in [0.5, 0.6) is 0 Å². The van der Waals surface area contributed by atoms with E-state index in [4.69, 9.17) is 5.73 Å². The van der Waals surface area contributed by atoms with Crippen LogP contribution < -0.4 is 5.73 Å². The van der Waals surface area contributed by atoms with E-state index in [-0.39, 0.29) is 28.4 Å². The summed E-state index contributed by atoms with van der Waals surface area (Å²) in [5.41, 5.74) is 5.76. The third-order valence-corrected chi connectivity index (χ3v) is 6.01. The normalized spacial score (nSPS) is 22.3. The maximum atomic E-state index is 12.7. The van der Waals surface area contributed by atoms with Crippen molar-refractivity contribution >= 4 is 28.1 Å². The average molecular weight is 350 g/mol. The van der Waals surface area contributed by atoms with E-state index in [9.17, 15) is 18.5 Å². The topological polar surface area (TPSA) is 107 Å². The minimum atomic E-state index is -3.64. The van der Waals surface area contributed by atoms with E-state index < -0.39 is 14.9 Å². The van der Waals surface area contributed by atoms with Crippen molar-refractivity contribution in [2.75, 3.05) is 19.6 Å². The zero-order chi connectivity index (χ0) is 15.8. The maximum Gasteiger partial charge on any atom is 0.269 e. The summed E-state index contributed by atoms with van der Waals surface area (Å²) in [7, 11) is -3.64. The highest BCUT2D eigenvalue weighted by Crippen LogP contribution is 2.33. The molecule has 1 fully saturated rings. The summed E-state index contributed by atoms with van der Waals surface area (Å²) in [5, 5.41) is 10.7. The molecule has 0 aliphatic carbocycles. The molecule has 0 amide bonds. The van der Waals surface area contributed by atoms with Crippen LogP contribution in [0.3, 0.4) is 0 Å². The van der Waals surface area contributed by atoms with Crippen LogP contribution in [0.25, 0.3) is 0 Å². The fraction of sp³-hybridized carbons (Fsp3) is 0.538. The number of nitro benzene ring substituents is 1. The van der Waals surface area contributed by atoms with Crippen LogP contribution in [0, 0.1) is 22.5 Å². The number of nitrogens with two attached hydrogens (primary N) is 1. The zero-order valence-electron chi connectivity index (χ0n) is 12.5. The molecular formula is C13H20ClN3O4S. The Morgan fingerprint density at radius 1 is 1.45 bits per heavy atom. The number of halogens is 1. The molecule has 1 atom stereocenters. The lowest BCUT2D eigenvalue weighted by Gasteiger charge is -2.22. The molecule has 7 nitrogen and oxygen atoms in total. The molecule has 0 bridgehead atoms. The Bertz CT molecular complexity index is 680. The van der Waals surface area contributed by atoms with Gasteiger partial charge in [-0.15, -0.1) is 12.4 Å². The molecule has 1 aromatic rings. The Kier molecular flexibility index (Phi) is 5.56. The number of nitro groups is 1. The Labute approximate surface area is 136 Å². The number of hydrogen-bond donors (Lipinski definition) is 1. The first-order chi connectivity index (χ1) is 9.69. The fourth-order valence-electron chi connectivity index (χ4n) is 2.53. The van der Waals surface area contributed by atoms with Crippen molar-refractivity contribution in [1.29, 1.82) is 0 Å². The molecule has 9 heteroatoms. The largest absolute Gasteiger partial charge is 0.330 e. The van der Waals surface area contributed by atoms with Crippen LogP contribution >= 0.6 is 12.4 Å². The van der Waals surface area contributed by atoms with Crippen molar-refractivity contribution in [3.63, 3.8) is 0 Å². The van der Waals surface area contributed by atoms with Crippen LogP contribution in [0.15, 0.2) is 23.1 Å². The summed E-state index contributed by atoms with van der Waals surface area (Å²) in [4.78, 5) is 10.3. The van der Waals surface area contributed by atoms with E-state index >= 15 is 0 Å². The second kappa shape index (κ2) is 6.49. The van der Waals surface area contributed by atoms with Crippen LogP contribution in [-0.2, 0) is 10.0 Å². The SMILES string of the molecule is Cc1cc([N+](=O)[O-])ccc1S(=O)(=O)N1CCC(C)(CN)C1.Cl. The lowest BCUT2D eigenvalue weighted by Crippen LogP contribution is -2.34. The first-order valence-electron chi connectivity index (χ1n) is 6.65. The molecule has 22 heavy (non-hydrogen) atoms. The summed E-state index contributed by atoms with van der Waals surface area (Å²) >= 11 is 0. The molecular weight excluding hydrogens is 330 g/mol. The smallest absolute Gasteiger partial charge is 0.269 e. The minimum absolute atomic E-state index is 0. The summed E-state index contributed by atoms with van der Waals surface area (Å²) < 4.78 is 26.7. The molecule has 0 saturated carbocycles. The Balaban J connectivity index is 0.00000242. The molecule has 1 aliphatic heterocycles. The van der Waals surface area contributed by atoms with Gasteiger partial charge in [0.15, 0.2) is 0 Å². The van der Waals surface area contributed by atoms with E-state index in [0.717, 1.165) is 6.42 Å². The van der Waals surface area contributed by atoms with Gasteiger partial charge in [-0.2, -0.15) is 4.31 Å².